The van der Waals surface area contributed by atoms with Crippen molar-refractivity contribution in [2.45, 2.75) is 6.61 Å². The second-order valence-corrected chi connectivity index (χ2v) is 2.08. The Balaban J connectivity index is 3.01. The van der Waals surface area contributed by atoms with Crippen LogP contribution in [0.15, 0.2) is 12.3 Å². The number of alkyl halides is 2. The summed E-state index contributed by atoms with van der Waals surface area (Å²) in [6, 6.07) is 1.22. The topological polar surface area (TPSA) is 52.5 Å². The Morgan fingerprint density at radius 3 is 2.85 bits per heavy atom. The molecule has 1 heterocycles. The largest absolute Gasteiger partial charge is 0.426 e. The molecule has 0 aliphatic carbocycles. The van der Waals surface area contributed by atoms with Gasteiger partial charge < -0.3 is 10.5 Å². The molecule has 0 atom stereocenters. The van der Waals surface area contributed by atoms with Crippen molar-refractivity contribution in [2.24, 2.45) is 0 Å². The van der Waals surface area contributed by atoms with Gasteiger partial charge in [0.15, 0.2) is 0 Å². The van der Waals surface area contributed by atoms with Gasteiger partial charge in [-0.2, -0.15) is 8.78 Å². The summed E-state index contributed by atoms with van der Waals surface area (Å²) in [6.45, 7) is 3.64. The van der Waals surface area contributed by atoms with Crippen molar-refractivity contribution in [3.05, 3.63) is 23.7 Å². The van der Waals surface area contributed by atoms with Gasteiger partial charge in [-0.3, -0.25) is 0 Å². The molecule has 0 saturated carbocycles. The molecule has 0 unspecified atom stereocenters. The van der Waals surface area contributed by atoms with Gasteiger partial charge in [-0.1, -0.05) is 0 Å². The van der Waals surface area contributed by atoms with E-state index in [1.165, 1.54) is 6.07 Å². The Bertz CT molecular complexity index is 348. The van der Waals surface area contributed by atoms with Crippen LogP contribution in [0.2, 0.25) is 0 Å². The number of halogens is 2. The van der Waals surface area contributed by atoms with Gasteiger partial charge in [0, 0.05) is 5.69 Å². The standard InChI is InChI=1S/C7H5F2N3O/c1-11-5-2-4(10)3-12-6(5)13-7(8)9/h2-3,7H,10H2. The lowest BCUT2D eigenvalue weighted by Crippen LogP contribution is -2.03. The monoisotopic (exact) mass is 185 g/mol. The second kappa shape index (κ2) is 3.67. The summed E-state index contributed by atoms with van der Waals surface area (Å²) in [6.07, 6.45) is 1.15. The number of aromatic nitrogens is 1. The Kier molecular flexibility index (Phi) is 2.59. The second-order valence-electron chi connectivity index (χ2n) is 2.08. The molecule has 0 fully saturated rings. The Morgan fingerprint density at radius 1 is 1.62 bits per heavy atom. The van der Waals surface area contributed by atoms with Crippen molar-refractivity contribution in [1.29, 1.82) is 0 Å². The molecule has 1 rings (SSSR count). The first kappa shape index (κ1) is 9.19. The number of pyridine rings is 1. The predicted octanol–water partition coefficient (Wildman–Crippen LogP) is 1.82. The lowest BCUT2D eigenvalue weighted by atomic mass is 10.4. The average Bonchev–Trinajstić information content (AvgIpc) is 2.07. The van der Waals surface area contributed by atoms with Crippen LogP contribution in [-0.4, -0.2) is 11.6 Å². The highest BCUT2D eigenvalue weighted by Crippen LogP contribution is 2.27. The molecular formula is C7H5F2N3O. The van der Waals surface area contributed by atoms with Crippen molar-refractivity contribution in [3.8, 4) is 5.88 Å². The molecule has 0 spiro atoms. The van der Waals surface area contributed by atoms with E-state index in [1.807, 2.05) is 0 Å². The van der Waals surface area contributed by atoms with Crippen molar-refractivity contribution in [1.82, 2.24) is 4.98 Å². The van der Waals surface area contributed by atoms with Crippen LogP contribution in [0.4, 0.5) is 20.2 Å². The quantitative estimate of drug-likeness (QED) is 0.715. The number of hydrogen-bond acceptors (Lipinski definition) is 3. The number of rotatable bonds is 2. The SMILES string of the molecule is [C-]#[N+]c1cc(N)cnc1OC(F)F. The predicted molar refractivity (Wildman–Crippen MR) is 41.5 cm³/mol. The molecule has 0 aromatic carbocycles. The van der Waals surface area contributed by atoms with Crippen molar-refractivity contribution in [2.75, 3.05) is 5.73 Å². The normalized spacial score (nSPS) is 9.69. The van der Waals surface area contributed by atoms with Crippen LogP contribution in [0.5, 0.6) is 5.88 Å². The molecular weight excluding hydrogens is 180 g/mol. The highest BCUT2D eigenvalue weighted by atomic mass is 19.3. The highest BCUT2D eigenvalue weighted by molar-refractivity contribution is 5.60. The van der Waals surface area contributed by atoms with Crippen molar-refractivity contribution in [3.63, 3.8) is 0 Å². The minimum atomic E-state index is -2.99. The number of ether oxygens (including phenoxy) is 1. The summed E-state index contributed by atoms with van der Waals surface area (Å²) < 4.78 is 27.5. The first-order valence-corrected chi connectivity index (χ1v) is 3.21. The molecule has 0 amide bonds. The van der Waals surface area contributed by atoms with Crippen LogP contribution in [0, 0.1) is 6.57 Å². The molecule has 0 radical (unpaired) electrons. The van der Waals surface area contributed by atoms with E-state index in [2.05, 4.69) is 14.6 Å². The molecule has 6 heteroatoms. The number of nitrogen functional groups attached to an aromatic ring is 1. The van der Waals surface area contributed by atoms with Gasteiger partial charge in [0.05, 0.1) is 12.8 Å². The zero-order valence-corrected chi connectivity index (χ0v) is 6.37. The van der Waals surface area contributed by atoms with Crippen molar-refractivity contribution < 1.29 is 13.5 Å². The van der Waals surface area contributed by atoms with Gasteiger partial charge >= 0.3 is 6.61 Å². The van der Waals surface area contributed by atoms with Gasteiger partial charge in [0.25, 0.3) is 0 Å². The summed E-state index contributed by atoms with van der Waals surface area (Å²) in [5.41, 5.74) is 5.39. The summed E-state index contributed by atoms with van der Waals surface area (Å²) in [4.78, 5) is 6.38. The summed E-state index contributed by atoms with van der Waals surface area (Å²) >= 11 is 0. The third-order valence-electron chi connectivity index (χ3n) is 1.17. The average molecular weight is 185 g/mol. The fourth-order valence-corrected chi connectivity index (χ4v) is 0.711. The lowest BCUT2D eigenvalue weighted by molar-refractivity contribution is -0.0522. The Hall–Kier alpha value is -1.90. The molecule has 4 nitrogen and oxygen atoms in total. The van der Waals surface area contributed by atoms with Crippen LogP contribution < -0.4 is 10.5 Å². The zero-order valence-electron chi connectivity index (χ0n) is 6.37. The zero-order chi connectivity index (χ0) is 9.84. The minimum absolute atomic E-state index is 0.125. The molecule has 0 aliphatic rings. The van der Waals surface area contributed by atoms with Crippen molar-refractivity contribution >= 4 is 11.4 Å². The third kappa shape index (κ3) is 2.27. The summed E-state index contributed by atoms with van der Waals surface area (Å²) in [5, 5.41) is 0. The lowest BCUT2D eigenvalue weighted by Gasteiger charge is -2.04. The van der Waals surface area contributed by atoms with E-state index in [0.29, 0.717) is 0 Å². The maximum absolute atomic E-state index is 11.7. The van der Waals surface area contributed by atoms with Gasteiger partial charge in [-0.25, -0.2) is 9.83 Å². The van der Waals surface area contributed by atoms with Gasteiger partial charge in [-0.15, -0.1) is 0 Å². The number of nitrogens with two attached hydrogens (primary N) is 1. The summed E-state index contributed by atoms with van der Waals surface area (Å²) in [5.74, 6) is -0.404. The molecule has 2 N–H and O–H groups in total. The van der Waals surface area contributed by atoms with Crippen LogP contribution >= 0.6 is 0 Å². The number of hydrogen-bond donors (Lipinski definition) is 1. The summed E-state index contributed by atoms with van der Waals surface area (Å²) in [7, 11) is 0. The smallest absolute Gasteiger partial charge is 0.387 e. The maximum atomic E-state index is 11.7. The fraction of sp³-hybridized carbons (Fsp3) is 0.143. The van der Waals surface area contributed by atoms with Gasteiger partial charge in [0.1, 0.15) is 0 Å². The highest BCUT2D eigenvalue weighted by Gasteiger charge is 2.10. The third-order valence-corrected chi connectivity index (χ3v) is 1.17. The van der Waals surface area contributed by atoms with Crippen LogP contribution in [0.25, 0.3) is 4.85 Å². The van der Waals surface area contributed by atoms with E-state index in [4.69, 9.17) is 12.3 Å². The van der Waals surface area contributed by atoms with E-state index >= 15 is 0 Å². The minimum Gasteiger partial charge on any atom is -0.426 e. The van der Waals surface area contributed by atoms with Crippen LogP contribution in [-0.2, 0) is 0 Å². The first-order chi connectivity index (χ1) is 6.13. The van der Waals surface area contributed by atoms with E-state index in [9.17, 15) is 8.78 Å². The van der Waals surface area contributed by atoms with E-state index in [-0.39, 0.29) is 11.4 Å². The first-order valence-electron chi connectivity index (χ1n) is 3.21. The number of anilines is 1. The molecule has 0 saturated heterocycles. The Labute approximate surface area is 72.8 Å². The molecule has 0 bridgehead atoms. The number of nitrogens with zero attached hydrogens (tertiary/aromatic N) is 2. The molecule has 0 aliphatic heterocycles. The van der Waals surface area contributed by atoms with Crippen LogP contribution in [0.1, 0.15) is 0 Å². The fourth-order valence-electron chi connectivity index (χ4n) is 0.711. The molecule has 1 aromatic rings. The van der Waals surface area contributed by atoms with E-state index < -0.39 is 12.5 Å². The Morgan fingerprint density at radius 2 is 2.31 bits per heavy atom. The van der Waals surface area contributed by atoms with Crippen LogP contribution in [0.3, 0.4) is 0 Å². The molecule has 13 heavy (non-hydrogen) atoms. The van der Waals surface area contributed by atoms with E-state index in [0.717, 1.165) is 6.20 Å². The van der Waals surface area contributed by atoms with Gasteiger partial charge in [-0.05, 0) is 6.07 Å². The van der Waals surface area contributed by atoms with E-state index in [1.54, 1.807) is 0 Å². The maximum Gasteiger partial charge on any atom is 0.387 e. The van der Waals surface area contributed by atoms with Gasteiger partial charge in [0.2, 0.25) is 11.6 Å². The molecule has 1 aromatic heterocycles. The molecule has 68 valence electrons.